The van der Waals surface area contributed by atoms with Crippen LogP contribution in [0.25, 0.3) is 11.0 Å². The number of aryl methyl sites for hydroxylation is 1. The lowest BCUT2D eigenvalue weighted by Gasteiger charge is -2.31. The number of piperidine rings is 1. The minimum Gasteiger partial charge on any atom is -0.451 e. The van der Waals surface area contributed by atoms with E-state index in [-0.39, 0.29) is 29.0 Å². The molecule has 1 fully saturated rings. The van der Waals surface area contributed by atoms with Crippen molar-refractivity contribution in [2.45, 2.75) is 19.8 Å². The van der Waals surface area contributed by atoms with Crippen LogP contribution in [0.5, 0.6) is 0 Å². The molecular weight excluding hydrogens is 398 g/mol. The Morgan fingerprint density at radius 1 is 1.16 bits per heavy atom. The summed E-state index contributed by atoms with van der Waals surface area (Å²) < 4.78 is 5.68. The highest BCUT2D eigenvalue weighted by Crippen LogP contribution is 2.23. The molecule has 2 aromatic carbocycles. The molecule has 0 radical (unpaired) electrons. The maximum Gasteiger partial charge on any atom is 0.289 e. The molecule has 31 heavy (non-hydrogen) atoms. The van der Waals surface area contributed by atoms with Gasteiger partial charge in [0.2, 0.25) is 0 Å². The Kier molecular flexibility index (Phi) is 5.70. The fourth-order valence-electron chi connectivity index (χ4n) is 3.87. The second-order valence-corrected chi connectivity index (χ2v) is 7.85. The quantitative estimate of drug-likeness (QED) is 0.496. The number of para-hydroxylation sites is 1. The smallest absolute Gasteiger partial charge is 0.289 e. The molecule has 0 unspecified atom stereocenters. The van der Waals surface area contributed by atoms with E-state index in [1.807, 2.05) is 24.3 Å². The number of hydrogen-bond donors (Lipinski definition) is 1. The van der Waals surface area contributed by atoms with E-state index in [9.17, 15) is 19.7 Å². The highest BCUT2D eigenvalue weighted by Gasteiger charge is 2.26. The molecule has 8 heteroatoms. The van der Waals surface area contributed by atoms with Gasteiger partial charge < -0.3 is 14.6 Å². The topological polar surface area (TPSA) is 106 Å². The highest BCUT2D eigenvalue weighted by molar-refractivity contribution is 5.96. The van der Waals surface area contributed by atoms with Gasteiger partial charge >= 0.3 is 0 Å². The number of nitrogens with zero attached hydrogens (tertiary/aromatic N) is 2. The maximum absolute atomic E-state index is 12.7. The minimum absolute atomic E-state index is 0.0648. The van der Waals surface area contributed by atoms with Crippen LogP contribution in [0.1, 0.15) is 39.3 Å². The van der Waals surface area contributed by atoms with E-state index < -0.39 is 4.92 Å². The highest BCUT2D eigenvalue weighted by atomic mass is 16.6. The first kappa shape index (κ1) is 20.6. The van der Waals surface area contributed by atoms with E-state index in [4.69, 9.17) is 4.42 Å². The van der Waals surface area contributed by atoms with E-state index in [2.05, 4.69) is 5.32 Å². The van der Waals surface area contributed by atoms with Crippen molar-refractivity contribution in [2.75, 3.05) is 19.6 Å². The molecule has 4 rings (SSSR count). The number of carbonyl (C=O) groups is 2. The van der Waals surface area contributed by atoms with Gasteiger partial charge in [-0.1, -0.05) is 24.3 Å². The number of fused-ring (bicyclic) bond motifs is 1. The van der Waals surface area contributed by atoms with Gasteiger partial charge in [0.05, 0.1) is 4.92 Å². The van der Waals surface area contributed by atoms with Crippen molar-refractivity contribution >= 4 is 28.5 Å². The Labute approximate surface area is 179 Å². The van der Waals surface area contributed by atoms with Gasteiger partial charge in [0.1, 0.15) is 5.58 Å². The van der Waals surface area contributed by atoms with Crippen LogP contribution in [0.2, 0.25) is 0 Å². The van der Waals surface area contributed by atoms with Crippen molar-refractivity contribution in [3.63, 3.8) is 0 Å². The minimum atomic E-state index is -0.485. The number of benzene rings is 2. The maximum atomic E-state index is 12.7. The van der Waals surface area contributed by atoms with Crippen LogP contribution in [-0.4, -0.2) is 41.3 Å². The molecule has 1 N–H and O–H groups in total. The van der Waals surface area contributed by atoms with Gasteiger partial charge in [-0.25, -0.2) is 0 Å². The molecule has 1 aromatic heterocycles. The van der Waals surface area contributed by atoms with Crippen LogP contribution >= 0.6 is 0 Å². The SMILES string of the molecule is Cc1ccc(C(=O)NCC2CCN(C(=O)c3cc4ccccc4o3)CC2)cc1[N+](=O)[O-]. The Morgan fingerprint density at radius 3 is 2.61 bits per heavy atom. The number of hydrogen-bond acceptors (Lipinski definition) is 5. The number of furan rings is 1. The summed E-state index contributed by atoms with van der Waals surface area (Å²) in [5, 5.41) is 14.8. The number of likely N-dealkylation sites (tertiary alicyclic amines) is 1. The fourth-order valence-corrected chi connectivity index (χ4v) is 3.87. The van der Waals surface area contributed by atoms with E-state index >= 15 is 0 Å². The van der Waals surface area contributed by atoms with Crippen molar-refractivity contribution in [3.8, 4) is 0 Å². The third kappa shape index (κ3) is 4.42. The first-order valence-corrected chi connectivity index (χ1v) is 10.2. The van der Waals surface area contributed by atoms with Gasteiger partial charge in [-0.15, -0.1) is 0 Å². The lowest BCUT2D eigenvalue weighted by molar-refractivity contribution is -0.385. The standard InChI is InChI=1S/C23H23N3O5/c1-15-6-7-18(12-19(15)26(29)30)22(27)24-14-16-8-10-25(11-9-16)23(28)21-13-17-4-2-3-5-20(17)31-21/h2-7,12-13,16H,8-11,14H2,1H3,(H,24,27). The first-order chi connectivity index (χ1) is 14.9. The fraction of sp³-hybridized carbons (Fsp3) is 0.304. The third-order valence-corrected chi connectivity index (χ3v) is 5.76. The lowest BCUT2D eigenvalue weighted by Crippen LogP contribution is -2.41. The van der Waals surface area contributed by atoms with Crippen LogP contribution in [-0.2, 0) is 0 Å². The summed E-state index contributed by atoms with van der Waals surface area (Å²) in [7, 11) is 0. The van der Waals surface area contributed by atoms with Gasteiger partial charge in [0.25, 0.3) is 17.5 Å². The second kappa shape index (κ2) is 8.59. The number of amides is 2. The zero-order valence-electron chi connectivity index (χ0n) is 17.2. The molecule has 2 heterocycles. The average molecular weight is 421 g/mol. The molecule has 0 saturated carbocycles. The molecule has 3 aromatic rings. The third-order valence-electron chi connectivity index (χ3n) is 5.76. The van der Waals surface area contributed by atoms with Gasteiger partial charge in [-0.3, -0.25) is 19.7 Å². The number of nitro benzene ring substituents is 1. The molecule has 0 aliphatic carbocycles. The Hall–Kier alpha value is -3.68. The van der Waals surface area contributed by atoms with E-state index in [0.717, 1.165) is 18.2 Å². The Balaban J connectivity index is 1.30. The van der Waals surface area contributed by atoms with E-state index in [0.29, 0.717) is 36.5 Å². The largest absolute Gasteiger partial charge is 0.451 e. The Bertz CT molecular complexity index is 1110. The molecule has 0 spiro atoms. The summed E-state index contributed by atoms with van der Waals surface area (Å²) in [6, 6.07) is 13.8. The number of nitro groups is 1. The number of carbonyl (C=O) groups excluding carboxylic acids is 2. The summed E-state index contributed by atoms with van der Waals surface area (Å²) in [6.07, 6.45) is 1.53. The van der Waals surface area contributed by atoms with Crippen molar-refractivity contribution in [1.29, 1.82) is 0 Å². The molecule has 1 aliphatic heterocycles. The van der Waals surface area contributed by atoms with Crippen LogP contribution in [0.15, 0.2) is 52.9 Å². The molecule has 1 aliphatic rings. The summed E-state index contributed by atoms with van der Waals surface area (Å²) in [5.74, 6) is 0.132. The van der Waals surface area contributed by atoms with Crippen molar-refractivity contribution in [2.24, 2.45) is 5.92 Å². The normalized spacial score (nSPS) is 14.5. The van der Waals surface area contributed by atoms with Gasteiger partial charge in [0, 0.05) is 42.2 Å². The summed E-state index contributed by atoms with van der Waals surface area (Å²) >= 11 is 0. The summed E-state index contributed by atoms with van der Waals surface area (Å²) in [6.45, 7) is 3.28. The van der Waals surface area contributed by atoms with E-state index in [1.54, 1.807) is 30.0 Å². The van der Waals surface area contributed by atoms with Crippen LogP contribution in [0.4, 0.5) is 5.69 Å². The zero-order chi connectivity index (χ0) is 22.0. The van der Waals surface area contributed by atoms with Crippen molar-refractivity contribution < 1.29 is 18.9 Å². The summed E-state index contributed by atoms with van der Waals surface area (Å²) in [5.41, 5.74) is 1.42. The average Bonchev–Trinajstić information content (AvgIpc) is 3.22. The van der Waals surface area contributed by atoms with Crippen LogP contribution in [0.3, 0.4) is 0 Å². The predicted octanol–water partition coefficient (Wildman–Crippen LogP) is 3.93. The van der Waals surface area contributed by atoms with Gasteiger partial charge in [-0.2, -0.15) is 0 Å². The monoisotopic (exact) mass is 421 g/mol. The van der Waals surface area contributed by atoms with Gasteiger partial charge in [0.15, 0.2) is 5.76 Å². The van der Waals surface area contributed by atoms with Crippen LogP contribution < -0.4 is 5.32 Å². The predicted molar refractivity (Wildman–Crippen MR) is 115 cm³/mol. The molecular formula is C23H23N3O5. The first-order valence-electron chi connectivity index (χ1n) is 10.2. The lowest BCUT2D eigenvalue weighted by atomic mass is 9.96. The molecule has 0 atom stereocenters. The molecule has 0 bridgehead atoms. The van der Waals surface area contributed by atoms with E-state index in [1.165, 1.54) is 6.07 Å². The number of nitrogens with one attached hydrogen (secondary N) is 1. The molecule has 1 saturated heterocycles. The number of rotatable bonds is 5. The van der Waals surface area contributed by atoms with Crippen LogP contribution in [0, 0.1) is 23.0 Å². The Morgan fingerprint density at radius 2 is 1.90 bits per heavy atom. The molecule has 2 amide bonds. The second-order valence-electron chi connectivity index (χ2n) is 7.85. The summed E-state index contributed by atoms with van der Waals surface area (Å²) in [4.78, 5) is 37.5. The van der Waals surface area contributed by atoms with Gasteiger partial charge in [-0.05, 0) is 43.9 Å². The van der Waals surface area contributed by atoms with Crippen molar-refractivity contribution in [3.05, 3.63) is 75.5 Å². The van der Waals surface area contributed by atoms with Crippen molar-refractivity contribution in [1.82, 2.24) is 10.2 Å². The molecule has 8 nitrogen and oxygen atoms in total. The zero-order valence-corrected chi connectivity index (χ0v) is 17.2. The molecule has 160 valence electrons.